The SMILES string of the molecule is [B][C@@H]1O[C@@]2(CCOP(C)(=S)OC2)C(OPC)[C@@H]1F. The molecule has 3 unspecified atom stereocenters. The van der Waals surface area contributed by atoms with Crippen LogP contribution in [0.5, 0.6) is 0 Å². The lowest BCUT2D eigenvalue weighted by atomic mass is 9.89. The maximum atomic E-state index is 14.0. The first kappa shape index (κ1) is 15.3. The van der Waals surface area contributed by atoms with Crippen LogP contribution in [0.4, 0.5) is 4.39 Å². The average Bonchev–Trinajstić information content (AvgIpc) is 2.45. The molecule has 4 nitrogen and oxygen atoms in total. The van der Waals surface area contributed by atoms with Crippen molar-refractivity contribution in [3.63, 3.8) is 0 Å². The van der Waals surface area contributed by atoms with E-state index in [4.69, 9.17) is 38.0 Å². The molecule has 2 aliphatic rings. The van der Waals surface area contributed by atoms with E-state index in [1.165, 1.54) is 0 Å². The molecule has 6 atom stereocenters. The topological polar surface area (TPSA) is 36.9 Å². The Hall–Kier alpha value is 0.915. The minimum atomic E-state index is -2.26. The van der Waals surface area contributed by atoms with Crippen LogP contribution in [0.15, 0.2) is 0 Å². The minimum absolute atomic E-state index is 0.161. The van der Waals surface area contributed by atoms with E-state index in [-0.39, 0.29) is 15.4 Å². The summed E-state index contributed by atoms with van der Waals surface area (Å²) in [6.07, 6.45) is -1.59. The molecule has 0 amide bonds. The van der Waals surface area contributed by atoms with Crippen molar-refractivity contribution in [2.24, 2.45) is 0 Å². The van der Waals surface area contributed by atoms with Crippen LogP contribution in [0.25, 0.3) is 0 Å². The lowest BCUT2D eigenvalue weighted by Crippen LogP contribution is -2.46. The Morgan fingerprint density at radius 2 is 2.28 bits per heavy atom. The molecular weight excluding hydrogens is 296 g/mol. The fourth-order valence-corrected chi connectivity index (χ4v) is 4.13. The van der Waals surface area contributed by atoms with Gasteiger partial charge < -0.3 is 18.3 Å². The lowest BCUT2D eigenvalue weighted by molar-refractivity contribution is -0.0824. The molecule has 0 aromatic heterocycles. The fraction of sp³-hybridized carbons (Fsp3) is 1.00. The summed E-state index contributed by atoms with van der Waals surface area (Å²) in [5.41, 5.74) is -0.877. The first-order valence-corrected chi connectivity index (χ1v) is 10.2. The van der Waals surface area contributed by atoms with Crippen LogP contribution < -0.4 is 0 Å². The molecule has 2 radical (unpaired) electrons. The zero-order valence-corrected chi connectivity index (χ0v) is 13.0. The van der Waals surface area contributed by atoms with Crippen molar-refractivity contribution in [1.29, 1.82) is 0 Å². The standard InChI is InChI=1S/C9H16BFO4P2S/c1-16-15-7-6(11)8(10)14-9(7)3-4-12-17(2,18)13-5-9/h6-8,16H,3-5H2,1-2H3/t6-,7?,8+,9+,17?/m0/s1. The molecule has 2 aliphatic heterocycles. The van der Waals surface area contributed by atoms with Gasteiger partial charge in [0.1, 0.15) is 25.7 Å². The number of ether oxygens (including phenoxy) is 1. The summed E-state index contributed by atoms with van der Waals surface area (Å²) in [4.78, 5) is 0. The summed E-state index contributed by atoms with van der Waals surface area (Å²) < 4.78 is 36.2. The van der Waals surface area contributed by atoms with Crippen molar-refractivity contribution < 1.29 is 22.7 Å². The van der Waals surface area contributed by atoms with Gasteiger partial charge in [-0.25, -0.2) is 4.39 Å². The predicted molar refractivity (Wildman–Crippen MR) is 74.1 cm³/mol. The van der Waals surface area contributed by atoms with E-state index in [9.17, 15) is 4.39 Å². The monoisotopic (exact) mass is 312 g/mol. The molecule has 0 saturated carbocycles. The fourth-order valence-electron chi connectivity index (χ4n) is 2.20. The van der Waals surface area contributed by atoms with Gasteiger partial charge in [-0.05, 0) is 18.5 Å². The number of rotatable bonds is 2. The van der Waals surface area contributed by atoms with Gasteiger partial charge in [0.25, 0.3) is 0 Å². The summed E-state index contributed by atoms with van der Waals surface area (Å²) in [5, 5.41) is 0. The zero-order valence-electron chi connectivity index (χ0n) is 10.3. The van der Waals surface area contributed by atoms with Gasteiger partial charge in [0.15, 0.2) is 6.49 Å². The predicted octanol–water partition coefficient (Wildman–Crippen LogP) is 1.57. The van der Waals surface area contributed by atoms with Crippen LogP contribution in [0, 0.1) is 0 Å². The molecule has 0 aromatic carbocycles. The molecule has 102 valence electrons. The van der Waals surface area contributed by atoms with Crippen LogP contribution in [0.1, 0.15) is 6.42 Å². The number of hydrogen-bond acceptors (Lipinski definition) is 5. The van der Waals surface area contributed by atoms with Gasteiger partial charge in [-0.3, -0.25) is 0 Å². The quantitative estimate of drug-likeness (QED) is 0.571. The van der Waals surface area contributed by atoms with Gasteiger partial charge in [0.05, 0.1) is 19.2 Å². The van der Waals surface area contributed by atoms with Crippen LogP contribution in [-0.2, 0) is 30.1 Å². The van der Waals surface area contributed by atoms with E-state index in [0.717, 1.165) is 0 Å². The second-order valence-electron chi connectivity index (χ2n) is 4.46. The normalized spacial score (nSPS) is 50.1. The number of hydrogen-bond donors (Lipinski definition) is 0. The molecule has 2 rings (SSSR count). The highest BCUT2D eigenvalue weighted by molar-refractivity contribution is 8.09. The van der Waals surface area contributed by atoms with Crippen molar-refractivity contribution >= 4 is 35.0 Å². The molecular formula is C9H16BFO4P2S. The van der Waals surface area contributed by atoms with E-state index < -0.39 is 30.4 Å². The van der Waals surface area contributed by atoms with E-state index in [2.05, 4.69) is 0 Å². The minimum Gasteiger partial charge on any atom is -0.373 e. The van der Waals surface area contributed by atoms with Gasteiger partial charge in [0, 0.05) is 21.9 Å². The number of halogens is 1. The lowest BCUT2D eigenvalue weighted by Gasteiger charge is -2.32. The van der Waals surface area contributed by atoms with Crippen molar-refractivity contribution in [2.45, 2.75) is 30.3 Å². The molecule has 2 saturated heterocycles. The van der Waals surface area contributed by atoms with Crippen LogP contribution in [0.3, 0.4) is 0 Å². The Kier molecular flexibility index (Phi) is 4.87. The molecule has 9 heteroatoms. The summed E-state index contributed by atoms with van der Waals surface area (Å²) in [7, 11) is 5.80. The van der Waals surface area contributed by atoms with Crippen molar-refractivity contribution in [3.8, 4) is 0 Å². The largest absolute Gasteiger partial charge is 0.373 e. The third kappa shape index (κ3) is 2.98. The second-order valence-corrected chi connectivity index (χ2v) is 9.16. The van der Waals surface area contributed by atoms with Crippen molar-refractivity contribution in [2.75, 3.05) is 26.5 Å². The third-order valence-corrected chi connectivity index (χ3v) is 5.50. The molecule has 0 aromatic rings. The Bertz CT molecular complexity index is 363. The number of alkyl halides is 1. The summed E-state index contributed by atoms with van der Waals surface area (Å²) in [6, 6.07) is -0.984. The molecule has 1 spiro atoms. The van der Waals surface area contributed by atoms with Gasteiger partial charge in [-0.1, -0.05) is 0 Å². The molecule has 2 heterocycles. The Morgan fingerprint density at radius 1 is 1.56 bits per heavy atom. The summed E-state index contributed by atoms with van der Waals surface area (Å²) >= 11 is 5.21. The second kappa shape index (κ2) is 5.73. The molecule has 0 bridgehead atoms. The van der Waals surface area contributed by atoms with Crippen LogP contribution in [-0.4, -0.2) is 58.3 Å². The maximum Gasteiger partial charge on any atom is 0.185 e. The van der Waals surface area contributed by atoms with Gasteiger partial charge in [-0.2, -0.15) is 0 Å². The first-order valence-electron chi connectivity index (χ1n) is 5.67. The zero-order chi connectivity index (χ0) is 13.4. The molecule has 0 N–H and O–H groups in total. The van der Waals surface area contributed by atoms with Gasteiger partial charge in [-0.15, -0.1) is 0 Å². The highest BCUT2D eigenvalue weighted by atomic mass is 32.5. The van der Waals surface area contributed by atoms with Gasteiger partial charge >= 0.3 is 0 Å². The highest BCUT2D eigenvalue weighted by Gasteiger charge is 2.55. The van der Waals surface area contributed by atoms with Crippen LogP contribution >= 0.6 is 15.3 Å². The van der Waals surface area contributed by atoms with E-state index in [0.29, 0.717) is 13.0 Å². The Morgan fingerprint density at radius 3 is 2.94 bits per heavy atom. The average molecular weight is 312 g/mol. The first-order chi connectivity index (χ1) is 8.40. The van der Waals surface area contributed by atoms with Crippen molar-refractivity contribution in [3.05, 3.63) is 0 Å². The van der Waals surface area contributed by atoms with Crippen molar-refractivity contribution in [1.82, 2.24) is 0 Å². The smallest absolute Gasteiger partial charge is 0.185 e. The Labute approximate surface area is 115 Å². The summed E-state index contributed by atoms with van der Waals surface area (Å²) in [5.74, 6) is 0. The maximum absolute atomic E-state index is 14.0. The highest BCUT2D eigenvalue weighted by Crippen LogP contribution is 2.51. The van der Waals surface area contributed by atoms with E-state index in [1.807, 2.05) is 6.66 Å². The van der Waals surface area contributed by atoms with E-state index >= 15 is 0 Å². The molecule has 2 fully saturated rings. The van der Waals surface area contributed by atoms with Crippen LogP contribution in [0.2, 0.25) is 0 Å². The Balaban J connectivity index is 2.20. The van der Waals surface area contributed by atoms with Gasteiger partial charge in [0.2, 0.25) is 0 Å². The van der Waals surface area contributed by atoms with E-state index in [1.54, 1.807) is 6.66 Å². The molecule has 0 aliphatic carbocycles. The summed E-state index contributed by atoms with van der Waals surface area (Å²) in [6.45, 7) is 1.88. The third-order valence-electron chi connectivity index (χ3n) is 3.13. The molecule has 18 heavy (non-hydrogen) atoms.